The second-order valence-electron chi connectivity index (χ2n) is 3.84. The molecule has 1 fully saturated rings. The van der Waals surface area contributed by atoms with Gasteiger partial charge in [-0.15, -0.1) is 0 Å². The summed E-state index contributed by atoms with van der Waals surface area (Å²) in [4.78, 5) is 12.8. The lowest BCUT2D eigenvalue weighted by molar-refractivity contribution is -0.112. The monoisotopic (exact) mass is 205 g/mol. The Balaban J connectivity index is 1.84. The van der Waals surface area contributed by atoms with Crippen LogP contribution in [0.3, 0.4) is 0 Å². The fraction of sp³-hybridized carbons (Fsp3) is 0.417. The van der Waals surface area contributed by atoms with Crippen LogP contribution in [0.5, 0.6) is 0 Å². The number of furan rings is 1. The fourth-order valence-electron chi connectivity index (χ4n) is 1.77. The first-order valence-corrected chi connectivity index (χ1v) is 5.29. The summed E-state index contributed by atoms with van der Waals surface area (Å²) in [7, 11) is 0. The third kappa shape index (κ3) is 2.72. The molecule has 1 saturated heterocycles. The molecule has 3 heteroatoms. The van der Waals surface area contributed by atoms with Gasteiger partial charge in [0.2, 0.25) is 0 Å². The molecule has 0 radical (unpaired) electrons. The normalized spacial score (nSPS) is 18.5. The molecule has 0 aliphatic carbocycles. The van der Waals surface area contributed by atoms with Crippen molar-refractivity contribution in [2.24, 2.45) is 5.92 Å². The molecular weight excluding hydrogens is 190 g/mol. The average molecular weight is 205 g/mol. The van der Waals surface area contributed by atoms with Gasteiger partial charge in [-0.1, -0.05) is 0 Å². The first-order valence-electron chi connectivity index (χ1n) is 5.29. The van der Waals surface area contributed by atoms with E-state index in [-0.39, 0.29) is 5.92 Å². The maximum atomic E-state index is 10.6. The quantitative estimate of drug-likeness (QED) is 0.709. The molecule has 0 amide bonds. The van der Waals surface area contributed by atoms with Gasteiger partial charge in [0.25, 0.3) is 0 Å². The van der Waals surface area contributed by atoms with E-state index in [1.807, 2.05) is 24.4 Å². The molecule has 1 aliphatic heterocycles. The number of aldehydes is 1. The number of carbonyl (C=O) groups is 1. The van der Waals surface area contributed by atoms with Crippen molar-refractivity contribution in [3.8, 4) is 0 Å². The second-order valence-corrected chi connectivity index (χ2v) is 3.84. The molecule has 1 aromatic rings. The molecule has 2 rings (SSSR count). The maximum absolute atomic E-state index is 10.6. The van der Waals surface area contributed by atoms with Crippen LogP contribution in [0, 0.1) is 5.92 Å². The Morgan fingerprint density at radius 1 is 1.40 bits per heavy atom. The minimum Gasteiger partial charge on any atom is -0.465 e. The molecule has 0 spiro atoms. The van der Waals surface area contributed by atoms with Crippen LogP contribution in [-0.4, -0.2) is 24.3 Å². The highest BCUT2D eigenvalue weighted by atomic mass is 16.3. The zero-order valence-corrected chi connectivity index (χ0v) is 8.63. The summed E-state index contributed by atoms with van der Waals surface area (Å²) >= 11 is 0. The van der Waals surface area contributed by atoms with Crippen molar-refractivity contribution in [2.75, 3.05) is 13.1 Å². The lowest BCUT2D eigenvalue weighted by atomic mass is 9.99. The van der Waals surface area contributed by atoms with Crippen LogP contribution < -0.4 is 0 Å². The number of hydrogen-bond acceptors (Lipinski definition) is 3. The predicted molar refractivity (Wildman–Crippen MR) is 58.1 cm³/mol. The zero-order chi connectivity index (χ0) is 10.5. The molecule has 80 valence electrons. The summed E-state index contributed by atoms with van der Waals surface area (Å²) < 4.78 is 5.20. The third-order valence-electron chi connectivity index (χ3n) is 2.76. The van der Waals surface area contributed by atoms with Crippen molar-refractivity contribution >= 4 is 12.4 Å². The van der Waals surface area contributed by atoms with Gasteiger partial charge in [0.1, 0.15) is 12.0 Å². The highest BCUT2D eigenvalue weighted by Gasteiger charge is 2.15. The van der Waals surface area contributed by atoms with Gasteiger partial charge in [0.15, 0.2) is 0 Å². The Morgan fingerprint density at radius 3 is 2.80 bits per heavy atom. The van der Waals surface area contributed by atoms with E-state index in [1.54, 1.807) is 6.26 Å². The number of carbonyl (C=O) groups excluding carboxylic acids is 1. The lowest BCUT2D eigenvalue weighted by Crippen LogP contribution is -2.29. The molecule has 0 aromatic carbocycles. The molecule has 0 atom stereocenters. The van der Waals surface area contributed by atoms with Crippen LogP contribution in [0.15, 0.2) is 29.0 Å². The molecule has 15 heavy (non-hydrogen) atoms. The van der Waals surface area contributed by atoms with E-state index in [2.05, 4.69) is 4.90 Å². The summed E-state index contributed by atoms with van der Waals surface area (Å²) in [6.45, 7) is 1.92. The van der Waals surface area contributed by atoms with Gasteiger partial charge in [0.05, 0.1) is 6.26 Å². The van der Waals surface area contributed by atoms with Crippen molar-refractivity contribution in [2.45, 2.75) is 12.8 Å². The van der Waals surface area contributed by atoms with Crippen molar-refractivity contribution < 1.29 is 9.21 Å². The van der Waals surface area contributed by atoms with Crippen LogP contribution in [0.25, 0.3) is 6.08 Å². The van der Waals surface area contributed by atoms with E-state index in [9.17, 15) is 4.79 Å². The molecule has 0 N–H and O–H groups in total. The molecule has 0 bridgehead atoms. The van der Waals surface area contributed by atoms with Crippen LogP contribution >= 0.6 is 0 Å². The maximum Gasteiger partial charge on any atom is 0.128 e. The van der Waals surface area contributed by atoms with Gasteiger partial charge >= 0.3 is 0 Å². The van der Waals surface area contributed by atoms with Crippen LogP contribution in [0.1, 0.15) is 18.6 Å². The van der Waals surface area contributed by atoms with E-state index in [1.165, 1.54) is 0 Å². The van der Waals surface area contributed by atoms with Gasteiger partial charge in [-0.05, 0) is 31.1 Å². The lowest BCUT2D eigenvalue weighted by Gasteiger charge is -2.28. The number of rotatable bonds is 3. The standard InChI is InChI=1S/C12H15NO2/c14-10-11-3-6-13(7-4-11)8-5-12-2-1-9-15-12/h1-2,5,8-11H,3-4,6-7H2. The minimum atomic E-state index is 0.262. The van der Waals surface area contributed by atoms with E-state index >= 15 is 0 Å². The Morgan fingerprint density at radius 2 is 2.20 bits per heavy atom. The van der Waals surface area contributed by atoms with Gasteiger partial charge in [-0.2, -0.15) is 0 Å². The average Bonchev–Trinajstić information content (AvgIpc) is 2.80. The second kappa shape index (κ2) is 4.82. The largest absolute Gasteiger partial charge is 0.465 e. The summed E-state index contributed by atoms with van der Waals surface area (Å²) in [6.07, 6.45) is 8.67. The topological polar surface area (TPSA) is 33.5 Å². The van der Waals surface area contributed by atoms with Crippen LogP contribution in [-0.2, 0) is 4.79 Å². The van der Waals surface area contributed by atoms with Crippen molar-refractivity contribution in [3.05, 3.63) is 30.4 Å². The zero-order valence-electron chi connectivity index (χ0n) is 8.63. The minimum absolute atomic E-state index is 0.262. The van der Waals surface area contributed by atoms with Crippen LogP contribution in [0.2, 0.25) is 0 Å². The summed E-state index contributed by atoms with van der Waals surface area (Å²) in [5, 5.41) is 0. The highest BCUT2D eigenvalue weighted by Crippen LogP contribution is 2.15. The van der Waals surface area contributed by atoms with Crippen molar-refractivity contribution in [3.63, 3.8) is 0 Å². The van der Waals surface area contributed by atoms with E-state index in [0.29, 0.717) is 0 Å². The summed E-state index contributed by atoms with van der Waals surface area (Å²) in [5.41, 5.74) is 0. The molecule has 1 aliphatic rings. The molecule has 3 nitrogen and oxygen atoms in total. The van der Waals surface area contributed by atoms with Crippen LogP contribution in [0.4, 0.5) is 0 Å². The predicted octanol–water partition coefficient (Wildman–Crippen LogP) is 2.16. The van der Waals surface area contributed by atoms with E-state index < -0.39 is 0 Å². The Labute approximate surface area is 89.4 Å². The van der Waals surface area contributed by atoms with E-state index in [4.69, 9.17) is 4.42 Å². The number of piperidine rings is 1. The molecular formula is C12H15NO2. The van der Waals surface area contributed by atoms with Gasteiger partial charge < -0.3 is 14.1 Å². The molecule has 0 unspecified atom stereocenters. The fourth-order valence-corrected chi connectivity index (χ4v) is 1.77. The smallest absolute Gasteiger partial charge is 0.128 e. The Bertz CT molecular complexity index is 321. The number of nitrogens with zero attached hydrogens (tertiary/aromatic N) is 1. The third-order valence-corrected chi connectivity index (χ3v) is 2.76. The number of likely N-dealkylation sites (tertiary alicyclic amines) is 1. The number of hydrogen-bond donors (Lipinski definition) is 0. The van der Waals surface area contributed by atoms with Gasteiger partial charge in [-0.3, -0.25) is 0 Å². The van der Waals surface area contributed by atoms with Crippen molar-refractivity contribution in [1.82, 2.24) is 4.90 Å². The SMILES string of the molecule is O=CC1CCN(C=Cc2ccco2)CC1. The first kappa shape index (κ1) is 10.0. The Kier molecular flexibility index (Phi) is 3.22. The highest BCUT2D eigenvalue weighted by molar-refractivity contribution is 5.53. The van der Waals surface area contributed by atoms with E-state index in [0.717, 1.165) is 38.0 Å². The molecule has 1 aromatic heterocycles. The summed E-state index contributed by atoms with van der Waals surface area (Å²) in [5.74, 6) is 1.13. The first-order chi connectivity index (χ1) is 7.38. The molecule has 2 heterocycles. The Hall–Kier alpha value is -1.51. The van der Waals surface area contributed by atoms with Gasteiger partial charge in [-0.25, -0.2) is 0 Å². The summed E-state index contributed by atoms with van der Waals surface area (Å²) in [6, 6.07) is 3.80. The van der Waals surface area contributed by atoms with Crippen molar-refractivity contribution in [1.29, 1.82) is 0 Å². The van der Waals surface area contributed by atoms with Gasteiger partial charge in [0, 0.05) is 25.2 Å². The molecule has 0 saturated carbocycles.